The van der Waals surface area contributed by atoms with Crippen molar-refractivity contribution in [2.24, 2.45) is 0 Å². The molecule has 0 atom stereocenters. The number of urea groups is 1. The third-order valence-corrected chi connectivity index (χ3v) is 8.21. The zero-order chi connectivity index (χ0) is 25.3. The summed E-state index contributed by atoms with van der Waals surface area (Å²) in [6.07, 6.45) is 4.43. The van der Waals surface area contributed by atoms with E-state index in [0.717, 1.165) is 43.5 Å². The Bertz CT molecular complexity index is 990. The van der Waals surface area contributed by atoms with Crippen LogP contribution in [0.5, 0.6) is 5.75 Å². The number of nitrogens with zero attached hydrogens (tertiary/aromatic N) is 3. The first-order valence-electron chi connectivity index (χ1n) is 12.7. The minimum absolute atomic E-state index is 0.0269. The van der Waals surface area contributed by atoms with Gasteiger partial charge in [0.1, 0.15) is 5.75 Å². The molecule has 0 unspecified atom stereocenters. The van der Waals surface area contributed by atoms with Gasteiger partial charge in [-0.1, -0.05) is 42.5 Å². The zero-order valence-electron chi connectivity index (χ0n) is 22.0. The molecule has 0 bridgehead atoms. The van der Waals surface area contributed by atoms with E-state index < -0.39 is 5.60 Å². The molecule has 1 aliphatic heterocycles. The largest absolute Gasteiger partial charge is 0.497 e. The van der Waals surface area contributed by atoms with Crippen LogP contribution in [0.25, 0.3) is 0 Å². The maximum atomic E-state index is 13.7. The van der Waals surface area contributed by atoms with Gasteiger partial charge in [0.2, 0.25) is 0 Å². The maximum absolute atomic E-state index is 13.7. The lowest BCUT2D eigenvalue weighted by atomic mass is 9.68. The van der Waals surface area contributed by atoms with Gasteiger partial charge in [0.15, 0.2) is 0 Å². The zero-order valence-corrected chi connectivity index (χ0v) is 22.0. The molecule has 190 valence electrons. The van der Waals surface area contributed by atoms with Gasteiger partial charge in [-0.15, -0.1) is 0 Å². The molecule has 1 N–H and O–H groups in total. The van der Waals surface area contributed by atoms with E-state index in [2.05, 4.69) is 54.2 Å². The second kappa shape index (κ2) is 9.82. The van der Waals surface area contributed by atoms with Crippen LogP contribution in [-0.2, 0) is 12.1 Å². The van der Waals surface area contributed by atoms with Crippen molar-refractivity contribution in [2.45, 2.75) is 69.2 Å². The average molecular weight is 480 g/mol. The number of ether oxygens (including phenoxy) is 1. The molecular formula is C29H41N3O3. The summed E-state index contributed by atoms with van der Waals surface area (Å²) in [5.41, 5.74) is 1.41. The molecule has 2 aromatic carbocycles. The summed E-state index contributed by atoms with van der Waals surface area (Å²) in [4.78, 5) is 20.2. The number of hydrogen-bond donors (Lipinski definition) is 1. The van der Waals surface area contributed by atoms with E-state index in [1.54, 1.807) is 7.11 Å². The number of methoxy groups -OCH3 is 1. The third kappa shape index (κ3) is 5.19. The predicted molar refractivity (Wildman–Crippen MR) is 139 cm³/mol. The van der Waals surface area contributed by atoms with Crippen LogP contribution < -0.4 is 4.74 Å². The van der Waals surface area contributed by atoms with Gasteiger partial charge in [0, 0.05) is 25.2 Å². The molecule has 1 saturated carbocycles. The highest BCUT2D eigenvalue weighted by Gasteiger charge is 2.54. The molecule has 6 heteroatoms. The number of amides is 2. The Balaban J connectivity index is 1.58. The van der Waals surface area contributed by atoms with Crippen molar-refractivity contribution in [3.05, 3.63) is 65.7 Å². The Morgan fingerprint density at radius 2 is 1.63 bits per heavy atom. The van der Waals surface area contributed by atoms with E-state index >= 15 is 0 Å². The lowest BCUT2D eigenvalue weighted by molar-refractivity contribution is 0.0107. The fourth-order valence-corrected chi connectivity index (χ4v) is 5.97. The number of carbonyl (C=O) groups excluding carboxylic acids is 1. The summed E-state index contributed by atoms with van der Waals surface area (Å²) < 4.78 is 5.29. The Labute approximate surface area is 210 Å². The molecule has 1 heterocycles. The van der Waals surface area contributed by atoms with Crippen LogP contribution in [0, 0.1) is 0 Å². The first-order chi connectivity index (χ1) is 16.6. The van der Waals surface area contributed by atoms with Gasteiger partial charge in [-0.3, -0.25) is 4.90 Å². The Kier molecular flexibility index (Phi) is 7.16. The maximum Gasteiger partial charge on any atom is 0.320 e. The molecule has 1 saturated heterocycles. The van der Waals surface area contributed by atoms with Gasteiger partial charge in [-0.2, -0.15) is 0 Å². The van der Waals surface area contributed by atoms with Gasteiger partial charge in [-0.05, 0) is 83.3 Å². The van der Waals surface area contributed by atoms with Gasteiger partial charge in [-0.25, -0.2) is 4.79 Å². The SMILES string of the molecule is COc1ccc(CN2C[C@]3(CC[C@@](c4ccccc4)(N(C)C)CC3)N(CCC(C)(C)O)C2=O)cc1. The number of carbonyl (C=O) groups is 1. The number of rotatable bonds is 8. The fourth-order valence-electron chi connectivity index (χ4n) is 5.97. The summed E-state index contributed by atoms with van der Waals surface area (Å²) in [7, 11) is 6.01. The molecule has 0 aromatic heterocycles. The second-order valence-corrected chi connectivity index (χ2v) is 11.2. The van der Waals surface area contributed by atoms with Crippen molar-refractivity contribution >= 4 is 6.03 Å². The van der Waals surface area contributed by atoms with Crippen LogP contribution in [0.2, 0.25) is 0 Å². The van der Waals surface area contributed by atoms with Crippen LogP contribution in [0.3, 0.4) is 0 Å². The summed E-state index contributed by atoms with van der Waals surface area (Å²) in [6, 6.07) is 18.8. The van der Waals surface area contributed by atoms with Crippen molar-refractivity contribution < 1.29 is 14.6 Å². The van der Waals surface area contributed by atoms with Crippen molar-refractivity contribution in [1.82, 2.24) is 14.7 Å². The van der Waals surface area contributed by atoms with Crippen molar-refractivity contribution in [2.75, 3.05) is 34.3 Å². The first-order valence-corrected chi connectivity index (χ1v) is 12.7. The van der Waals surface area contributed by atoms with Crippen molar-refractivity contribution in [1.29, 1.82) is 0 Å². The summed E-state index contributed by atoms with van der Waals surface area (Å²) in [5.74, 6) is 0.818. The molecule has 4 rings (SSSR count). The Morgan fingerprint density at radius 1 is 1.00 bits per heavy atom. The monoisotopic (exact) mass is 479 g/mol. The van der Waals surface area contributed by atoms with Gasteiger partial charge >= 0.3 is 6.03 Å². The van der Waals surface area contributed by atoms with Gasteiger partial charge in [0.05, 0.1) is 18.2 Å². The number of aliphatic hydroxyl groups is 1. The highest BCUT2D eigenvalue weighted by molar-refractivity contribution is 5.78. The van der Waals surface area contributed by atoms with Crippen LogP contribution >= 0.6 is 0 Å². The van der Waals surface area contributed by atoms with Crippen LogP contribution in [0.1, 0.15) is 57.1 Å². The highest BCUT2D eigenvalue weighted by atomic mass is 16.5. The minimum atomic E-state index is -0.809. The van der Waals surface area contributed by atoms with Crippen molar-refractivity contribution in [3.63, 3.8) is 0 Å². The van der Waals surface area contributed by atoms with Crippen LogP contribution in [-0.4, -0.2) is 71.3 Å². The average Bonchev–Trinajstić information content (AvgIpc) is 3.08. The highest BCUT2D eigenvalue weighted by Crippen LogP contribution is 2.49. The van der Waals surface area contributed by atoms with Gasteiger partial charge < -0.3 is 19.6 Å². The molecule has 2 amide bonds. The molecule has 0 radical (unpaired) electrons. The summed E-state index contributed by atoms with van der Waals surface area (Å²) in [6.45, 7) is 5.52. The molecule has 1 spiro atoms. The molecule has 2 fully saturated rings. The lowest BCUT2D eigenvalue weighted by Crippen LogP contribution is -2.56. The first kappa shape index (κ1) is 25.5. The van der Waals surface area contributed by atoms with Gasteiger partial charge in [0.25, 0.3) is 0 Å². The quantitative estimate of drug-likeness (QED) is 0.587. The van der Waals surface area contributed by atoms with E-state index in [9.17, 15) is 9.90 Å². The second-order valence-electron chi connectivity index (χ2n) is 11.2. The fraction of sp³-hybridized carbons (Fsp3) is 0.552. The molecule has 2 aliphatic rings. The Morgan fingerprint density at radius 3 is 2.17 bits per heavy atom. The van der Waals surface area contributed by atoms with E-state index in [1.165, 1.54) is 5.56 Å². The Hall–Kier alpha value is -2.57. The molecule has 35 heavy (non-hydrogen) atoms. The molecular weight excluding hydrogens is 438 g/mol. The van der Waals surface area contributed by atoms with E-state index in [-0.39, 0.29) is 17.1 Å². The molecule has 6 nitrogen and oxygen atoms in total. The normalized spacial score (nSPS) is 25.1. The third-order valence-electron chi connectivity index (χ3n) is 8.21. The smallest absolute Gasteiger partial charge is 0.320 e. The van der Waals surface area contributed by atoms with E-state index in [1.807, 2.05) is 43.0 Å². The molecule has 1 aliphatic carbocycles. The van der Waals surface area contributed by atoms with E-state index in [4.69, 9.17) is 4.74 Å². The summed E-state index contributed by atoms with van der Waals surface area (Å²) in [5, 5.41) is 10.4. The van der Waals surface area contributed by atoms with E-state index in [0.29, 0.717) is 19.5 Å². The summed E-state index contributed by atoms with van der Waals surface area (Å²) >= 11 is 0. The number of benzene rings is 2. The molecule has 2 aromatic rings. The standard InChI is InChI=1S/C29H41N3O3/c1-27(2,34)19-20-32-26(33)31(21-23-11-13-25(35-5)14-12-23)22-28(32)15-17-29(18-16-28,30(3)4)24-9-7-6-8-10-24/h6-14,34H,15-22H2,1-5H3/t28-,29-. The lowest BCUT2D eigenvalue weighted by Gasteiger charge is -2.51. The number of hydrogen-bond acceptors (Lipinski definition) is 4. The minimum Gasteiger partial charge on any atom is -0.497 e. The van der Waals surface area contributed by atoms with Crippen LogP contribution in [0.15, 0.2) is 54.6 Å². The predicted octanol–water partition coefficient (Wildman–Crippen LogP) is 4.86. The van der Waals surface area contributed by atoms with Crippen LogP contribution in [0.4, 0.5) is 4.79 Å². The topological polar surface area (TPSA) is 56.3 Å². The van der Waals surface area contributed by atoms with Crippen molar-refractivity contribution in [3.8, 4) is 5.75 Å².